The second kappa shape index (κ2) is 1.63. The largest absolute Gasteiger partial charge is 0.308 e. The van der Waals surface area contributed by atoms with E-state index in [4.69, 9.17) is 0 Å². The van der Waals surface area contributed by atoms with Crippen molar-refractivity contribution in [3.63, 3.8) is 0 Å². The summed E-state index contributed by atoms with van der Waals surface area (Å²) in [6.07, 6.45) is 2.68. The first-order valence-electron chi connectivity index (χ1n) is 3.87. The van der Waals surface area contributed by atoms with Crippen LogP contribution in [0.15, 0.2) is 0 Å². The van der Waals surface area contributed by atoms with Crippen LogP contribution in [0.25, 0.3) is 0 Å². The second-order valence-corrected chi connectivity index (χ2v) is 5.75. The predicted octanol–water partition coefficient (Wildman–Crippen LogP) is 1.62. The third kappa shape index (κ3) is 0.687. The summed E-state index contributed by atoms with van der Waals surface area (Å²) in [4.78, 5) is 0. The summed E-state index contributed by atoms with van der Waals surface area (Å²) < 4.78 is 32.7. The van der Waals surface area contributed by atoms with Crippen LogP contribution in [-0.2, 0) is 10.2 Å². The van der Waals surface area contributed by atoms with E-state index in [-0.39, 0.29) is 5.41 Å². The van der Waals surface area contributed by atoms with Crippen LogP contribution in [0, 0.1) is 5.41 Å². The van der Waals surface area contributed by atoms with Crippen molar-refractivity contribution in [2.75, 3.05) is 0 Å². The molecular weight excluding hydrogens is 167 g/mol. The van der Waals surface area contributed by atoms with Crippen LogP contribution in [0.3, 0.4) is 0 Å². The molecular formula is C7H11FO2S. The normalized spacial score (nSPS) is 47.8. The van der Waals surface area contributed by atoms with Crippen LogP contribution >= 0.6 is 0 Å². The van der Waals surface area contributed by atoms with Gasteiger partial charge in [-0.25, -0.2) is 0 Å². The molecule has 11 heavy (non-hydrogen) atoms. The van der Waals surface area contributed by atoms with E-state index in [2.05, 4.69) is 0 Å². The summed E-state index contributed by atoms with van der Waals surface area (Å²) in [6, 6.07) is 0. The van der Waals surface area contributed by atoms with Gasteiger partial charge in [-0.1, -0.05) is 13.3 Å². The van der Waals surface area contributed by atoms with Crippen molar-refractivity contribution < 1.29 is 12.3 Å². The summed E-state index contributed by atoms with van der Waals surface area (Å²) in [5.41, 5.74) is 0.208. The minimum absolute atomic E-state index is 0.208. The van der Waals surface area contributed by atoms with Crippen LogP contribution in [0.1, 0.15) is 32.6 Å². The topological polar surface area (TPSA) is 34.1 Å². The number of halogens is 1. The van der Waals surface area contributed by atoms with Gasteiger partial charge in [-0.15, -0.1) is 3.89 Å². The summed E-state index contributed by atoms with van der Waals surface area (Å²) in [6.45, 7) is 2.04. The zero-order valence-corrected chi connectivity index (χ0v) is 7.25. The monoisotopic (exact) mass is 178 g/mol. The van der Waals surface area contributed by atoms with E-state index >= 15 is 0 Å². The van der Waals surface area contributed by atoms with Crippen LogP contribution in [0.5, 0.6) is 0 Å². The molecule has 0 radical (unpaired) electrons. The van der Waals surface area contributed by atoms with Crippen molar-refractivity contribution >= 4 is 10.2 Å². The van der Waals surface area contributed by atoms with Crippen molar-refractivity contribution in [1.82, 2.24) is 0 Å². The summed E-state index contributed by atoms with van der Waals surface area (Å²) >= 11 is 0. The molecule has 3 rings (SSSR count). The quantitative estimate of drug-likeness (QED) is 0.602. The van der Waals surface area contributed by atoms with E-state index in [9.17, 15) is 12.3 Å². The highest BCUT2D eigenvalue weighted by molar-refractivity contribution is 7.88. The van der Waals surface area contributed by atoms with Gasteiger partial charge in [0.05, 0.1) is 0 Å². The lowest BCUT2D eigenvalue weighted by molar-refractivity contribution is -0.0856. The van der Waals surface area contributed by atoms with Gasteiger partial charge < -0.3 is 0 Å². The van der Waals surface area contributed by atoms with E-state index in [1.54, 1.807) is 0 Å². The summed E-state index contributed by atoms with van der Waals surface area (Å²) in [5.74, 6) is 0. The van der Waals surface area contributed by atoms with Gasteiger partial charge in [0, 0.05) is 0 Å². The Balaban J connectivity index is 2.17. The van der Waals surface area contributed by atoms with Gasteiger partial charge in [-0.3, -0.25) is 0 Å². The molecule has 0 atom stereocenters. The van der Waals surface area contributed by atoms with Crippen molar-refractivity contribution in [3.05, 3.63) is 0 Å². The fourth-order valence-corrected chi connectivity index (χ4v) is 3.96. The Kier molecular flexibility index (Phi) is 1.11. The second-order valence-electron chi connectivity index (χ2n) is 4.00. The molecule has 2 bridgehead atoms. The molecule has 0 unspecified atom stereocenters. The Morgan fingerprint density at radius 2 is 1.82 bits per heavy atom. The van der Waals surface area contributed by atoms with Crippen molar-refractivity contribution in [1.29, 1.82) is 0 Å². The van der Waals surface area contributed by atoms with E-state index < -0.39 is 15.0 Å². The summed E-state index contributed by atoms with van der Waals surface area (Å²) in [5, 5.41) is 0. The van der Waals surface area contributed by atoms with E-state index in [0.29, 0.717) is 19.3 Å². The van der Waals surface area contributed by atoms with Crippen molar-refractivity contribution in [2.45, 2.75) is 37.4 Å². The fourth-order valence-electron chi connectivity index (χ4n) is 2.53. The van der Waals surface area contributed by atoms with E-state index in [1.807, 2.05) is 6.92 Å². The van der Waals surface area contributed by atoms with Gasteiger partial charge >= 0.3 is 10.2 Å². The van der Waals surface area contributed by atoms with Crippen molar-refractivity contribution in [2.24, 2.45) is 5.41 Å². The predicted molar refractivity (Wildman–Crippen MR) is 39.3 cm³/mol. The molecule has 0 aromatic carbocycles. The average Bonchev–Trinajstić information content (AvgIpc) is 1.53. The molecule has 0 spiro atoms. The third-order valence-electron chi connectivity index (χ3n) is 3.36. The Labute approximate surface area is 66.0 Å². The Bertz CT molecular complexity index is 274. The molecule has 0 aromatic rings. The molecule has 0 heterocycles. The standard InChI is InChI=1S/C7H11FO2S/c1-2-6-3-7(4-6,5-6)11(8,9)10/h2-5H2,1H3. The highest BCUT2D eigenvalue weighted by Crippen LogP contribution is 2.72. The molecule has 3 saturated carbocycles. The van der Waals surface area contributed by atoms with Crippen LogP contribution in [0.2, 0.25) is 0 Å². The molecule has 2 nitrogen and oxygen atoms in total. The molecule has 0 amide bonds. The third-order valence-corrected chi connectivity index (χ3v) is 4.83. The first kappa shape index (κ1) is 7.53. The van der Waals surface area contributed by atoms with Gasteiger partial charge in [-0.2, -0.15) is 8.42 Å². The molecule has 64 valence electrons. The number of hydrogen-bond acceptors (Lipinski definition) is 2. The Morgan fingerprint density at radius 3 is 2.09 bits per heavy atom. The molecule has 3 fully saturated rings. The van der Waals surface area contributed by atoms with Gasteiger partial charge in [-0.05, 0) is 24.7 Å². The lowest BCUT2D eigenvalue weighted by Crippen LogP contribution is -2.69. The van der Waals surface area contributed by atoms with Gasteiger partial charge in [0.2, 0.25) is 0 Å². The first-order valence-corrected chi connectivity index (χ1v) is 5.26. The molecule has 4 heteroatoms. The minimum atomic E-state index is -4.25. The zero-order valence-electron chi connectivity index (χ0n) is 6.43. The van der Waals surface area contributed by atoms with E-state index in [1.165, 1.54) is 0 Å². The molecule has 3 aliphatic rings. The molecule has 0 aliphatic heterocycles. The number of hydrogen-bond donors (Lipinski definition) is 0. The van der Waals surface area contributed by atoms with Gasteiger partial charge in [0.1, 0.15) is 4.75 Å². The smallest absolute Gasteiger partial charge is 0.194 e. The highest BCUT2D eigenvalue weighted by Gasteiger charge is 2.73. The maximum absolute atomic E-state index is 12.5. The van der Waals surface area contributed by atoms with Crippen LogP contribution < -0.4 is 0 Å². The molecule has 3 aliphatic carbocycles. The maximum Gasteiger partial charge on any atom is 0.308 e. The molecule has 0 aromatic heterocycles. The van der Waals surface area contributed by atoms with Crippen molar-refractivity contribution in [3.8, 4) is 0 Å². The van der Waals surface area contributed by atoms with Gasteiger partial charge in [0.25, 0.3) is 0 Å². The number of rotatable bonds is 2. The van der Waals surface area contributed by atoms with E-state index in [0.717, 1.165) is 6.42 Å². The minimum Gasteiger partial charge on any atom is -0.194 e. The van der Waals surface area contributed by atoms with Gasteiger partial charge in [0.15, 0.2) is 0 Å². The Morgan fingerprint density at radius 1 is 1.36 bits per heavy atom. The average molecular weight is 178 g/mol. The zero-order chi connectivity index (χ0) is 8.33. The Hall–Kier alpha value is -0.120. The highest BCUT2D eigenvalue weighted by atomic mass is 32.3. The lowest BCUT2D eigenvalue weighted by atomic mass is 9.43. The lowest BCUT2D eigenvalue weighted by Gasteiger charge is -2.67. The molecule has 0 N–H and O–H groups in total. The molecule has 0 saturated heterocycles. The fraction of sp³-hybridized carbons (Fsp3) is 1.00. The van der Waals surface area contributed by atoms with Crippen LogP contribution in [-0.4, -0.2) is 13.2 Å². The maximum atomic E-state index is 12.5. The SMILES string of the molecule is CCC12CC(S(=O)(=O)F)(C1)C2. The first-order chi connectivity index (χ1) is 4.93. The summed E-state index contributed by atoms with van der Waals surface area (Å²) in [7, 11) is -4.25. The van der Waals surface area contributed by atoms with Crippen LogP contribution in [0.4, 0.5) is 3.89 Å².